The van der Waals surface area contributed by atoms with Crippen LogP contribution in [0.1, 0.15) is 186 Å². The van der Waals surface area contributed by atoms with Gasteiger partial charge in [-0.25, -0.2) is 0 Å². The highest BCUT2D eigenvalue weighted by Gasteiger charge is 2.35. The smallest absolute Gasteiger partial charge is 0.0965 e. The Morgan fingerprint density at radius 2 is 0.857 bits per heavy atom. The first-order chi connectivity index (χ1) is 20.8. The van der Waals surface area contributed by atoms with Gasteiger partial charge in [0.25, 0.3) is 0 Å². The van der Waals surface area contributed by atoms with Crippen LogP contribution in [0.25, 0.3) is 0 Å². The molecular formula is C40H69N2+. The molecular weight excluding hydrogens is 508 g/mol. The fourth-order valence-electron chi connectivity index (χ4n) is 6.83. The summed E-state index contributed by atoms with van der Waals surface area (Å²) in [6, 6.07) is 11.2. The molecule has 0 spiro atoms. The van der Waals surface area contributed by atoms with Gasteiger partial charge < -0.3 is 0 Å². The molecule has 2 nitrogen and oxygen atoms in total. The molecule has 0 fully saturated rings. The second-order valence-electron chi connectivity index (χ2n) is 13.3. The summed E-state index contributed by atoms with van der Waals surface area (Å²) in [7, 11) is 0. The van der Waals surface area contributed by atoms with Crippen LogP contribution >= 0.6 is 0 Å². The number of nitrogens with zero attached hydrogens (tertiary/aromatic N) is 2. The van der Waals surface area contributed by atoms with Gasteiger partial charge >= 0.3 is 0 Å². The largest absolute Gasteiger partial charge is 0.244 e. The standard InChI is InChI=1S/C40H69N2/c1-3-5-7-9-11-12-13-14-15-16-17-18-19-20-22-23-28-32-38(36-37-30-26-25-27-31-37)39(40-41-34-35-42-40)33-29-24-21-10-8-6-4-2/h25-27,30-31,34-35,38-39H,3-24,28-29,32-33,36H2,1-2H3/q+1. The highest BCUT2D eigenvalue weighted by molar-refractivity contribution is 6.18. The number of aliphatic imine (C=N–C) groups is 2. The number of benzene rings is 1. The van der Waals surface area contributed by atoms with Gasteiger partial charge in [-0.1, -0.05) is 208 Å². The normalized spacial score (nSPS) is 14.2. The molecule has 42 heavy (non-hydrogen) atoms. The number of rotatable bonds is 30. The Hall–Kier alpha value is -1.57. The molecule has 0 saturated heterocycles. The summed E-state index contributed by atoms with van der Waals surface area (Å²) in [4.78, 5) is 9.47. The second-order valence-corrected chi connectivity index (χ2v) is 13.3. The zero-order valence-electron chi connectivity index (χ0n) is 28.2. The predicted molar refractivity (Wildman–Crippen MR) is 189 cm³/mol. The maximum Gasteiger partial charge on any atom is 0.244 e. The van der Waals surface area contributed by atoms with Gasteiger partial charge in [0.2, 0.25) is 6.17 Å². The van der Waals surface area contributed by atoms with Crippen LogP contribution in [0.4, 0.5) is 0 Å². The molecule has 0 aliphatic carbocycles. The van der Waals surface area contributed by atoms with Crippen LogP contribution in [-0.2, 0) is 6.42 Å². The Bertz CT molecular complexity index is 742. The van der Waals surface area contributed by atoms with Crippen LogP contribution in [-0.4, -0.2) is 12.4 Å². The lowest BCUT2D eigenvalue weighted by molar-refractivity contribution is 0.284. The molecule has 2 unspecified atom stereocenters. The van der Waals surface area contributed by atoms with E-state index in [-0.39, 0.29) is 0 Å². The van der Waals surface area contributed by atoms with Crippen molar-refractivity contribution in [3.8, 4) is 0 Å². The molecule has 0 radical (unpaired) electrons. The van der Waals surface area contributed by atoms with Gasteiger partial charge in [0.15, 0.2) is 12.4 Å². The van der Waals surface area contributed by atoms with Crippen molar-refractivity contribution in [1.29, 1.82) is 0 Å². The van der Waals surface area contributed by atoms with Gasteiger partial charge in [0, 0.05) is 0 Å². The first kappa shape index (κ1) is 36.6. The maximum atomic E-state index is 4.73. The SMILES string of the molecule is CCCCCCCCCCCCCCCCCCCC(Cc1ccccc1)C(CCCCCCCCC)[C+]1N=CC=N1. The Morgan fingerprint density at radius 1 is 0.476 bits per heavy atom. The molecule has 2 heteroatoms. The highest BCUT2D eigenvalue weighted by Crippen LogP contribution is 2.37. The Kier molecular flexibility index (Phi) is 23.6. The molecule has 238 valence electrons. The van der Waals surface area contributed by atoms with Crippen LogP contribution in [0.5, 0.6) is 0 Å². The molecule has 1 aliphatic rings. The van der Waals surface area contributed by atoms with Crippen molar-refractivity contribution in [3.63, 3.8) is 0 Å². The summed E-state index contributed by atoms with van der Waals surface area (Å²) in [5, 5.41) is 0. The van der Waals surface area contributed by atoms with E-state index in [0.29, 0.717) is 11.8 Å². The van der Waals surface area contributed by atoms with Crippen molar-refractivity contribution in [1.82, 2.24) is 0 Å². The van der Waals surface area contributed by atoms with Crippen LogP contribution in [0.15, 0.2) is 40.3 Å². The molecule has 0 amide bonds. The Morgan fingerprint density at radius 3 is 1.29 bits per heavy atom. The van der Waals surface area contributed by atoms with Crippen molar-refractivity contribution in [2.24, 2.45) is 21.8 Å². The lowest BCUT2D eigenvalue weighted by Gasteiger charge is -2.26. The van der Waals surface area contributed by atoms with E-state index in [9.17, 15) is 0 Å². The molecule has 1 aliphatic heterocycles. The van der Waals surface area contributed by atoms with Crippen LogP contribution in [0.2, 0.25) is 0 Å². The van der Waals surface area contributed by atoms with Gasteiger partial charge in [-0.2, -0.15) is 0 Å². The zero-order chi connectivity index (χ0) is 29.8. The zero-order valence-corrected chi connectivity index (χ0v) is 28.2. The molecule has 0 N–H and O–H groups in total. The Balaban J connectivity index is 1.63. The van der Waals surface area contributed by atoms with Gasteiger partial charge in [-0.05, 0) is 30.7 Å². The molecule has 0 bridgehead atoms. The van der Waals surface area contributed by atoms with E-state index in [1.54, 1.807) is 0 Å². The number of hydrogen-bond acceptors (Lipinski definition) is 2. The summed E-state index contributed by atoms with van der Waals surface area (Å²) in [6.45, 7) is 4.61. The van der Waals surface area contributed by atoms with E-state index >= 15 is 0 Å². The summed E-state index contributed by atoms with van der Waals surface area (Å²) < 4.78 is 0. The topological polar surface area (TPSA) is 24.7 Å². The van der Waals surface area contributed by atoms with Gasteiger partial charge in [0.05, 0.1) is 5.92 Å². The molecule has 0 saturated carbocycles. The van der Waals surface area contributed by atoms with Gasteiger partial charge in [0.1, 0.15) is 0 Å². The monoisotopic (exact) mass is 578 g/mol. The first-order valence-corrected chi connectivity index (χ1v) is 18.8. The van der Waals surface area contributed by atoms with Crippen molar-refractivity contribution in [2.75, 3.05) is 0 Å². The quantitative estimate of drug-likeness (QED) is 0.0641. The predicted octanol–water partition coefficient (Wildman–Crippen LogP) is 13.3. The lowest BCUT2D eigenvalue weighted by atomic mass is 9.78. The average molecular weight is 578 g/mol. The number of unbranched alkanes of at least 4 members (excludes halogenated alkanes) is 22. The minimum absolute atomic E-state index is 0.497. The molecule has 2 rings (SSSR count). The van der Waals surface area contributed by atoms with Gasteiger partial charge in [-0.15, -0.1) is 0 Å². The third kappa shape index (κ3) is 18.9. The van der Waals surface area contributed by atoms with E-state index in [0.717, 1.165) is 12.6 Å². The van der Waals surface area contributed by atoms with Crippen LogP contribution in [0, 0.1) is 18.0 Å². The molecule has 0 aromatic heterocycles. The molecule has 1 aromatic carbocycles. The Labute approximate surface area is 263 Å². The van der Waals surface area contributed by atoms with E-state index in [2.05, 4.69) is 44.2 Å². The summed E-state index contributed by atoms with van der Waals surface area (Å²) >= 11 is 0. The molecule has 1 aromatic rings. The van der Waals surface area contributed by atoms with Crippen molar-refractivity contribution >= 4 is 12.4 Å². The minimum Gasteiger partial charge on any atom is -0.0965 e. The van der Waals surface area contributed by atoms with Gasteiger partial charge in [-0.3, -0.25) is 0 Å². The summed E-state index contributed by atoms with van der Waals surface area (Å²) in [6.07, 6.45) is 42.6. The third-order valence-electron chi connectivity index (χ3n) is 9.52. The maximum absolute atomic E-state index is 4.73. The minimum atomic E-state index is 0.497. The van der Waals surface area contributed by atoms with Crippen molar-refractivity contribution in [2.45, 2.75) is 187 Å². The average Bonchev–Trinajstić information content (AvgIpc) is 3.55. The van der Waals surface area contributed by atoms with Crippen LogP contribution < -0.4 is 0 Å². The fraction of sp³-hybridized carbons (Fsp3) is 0.775. The second kappa shape index (κ2) is 27.0. The number of hydrogen-bond donors (Lipinski definition) is 0. The van der Waals surface area contributed by atoms with Crippen LogP contribution in [0.3, 0.4) is 0 Å². The third-order valence-corrected chi connectivity index (χ3v) is 9.52. The first-order valence-electron chi connectivity index (χ1n) is 18.8. The molecule has 1 heterocycles. The van der Waals surface area contributed by atoms with E-state index < -0.39 is 0 Å². The molecule has 2 atom stereocenters. The van der Waals surface area contributed by atoms with E-state index in [1.165, 1.54) is 173 Å². The summed E-state index contributed by atoms with van der Waals surface area (Å²) in [5.41, 5.74) is 1.48. The summed E-state index contributed by atoms with van der Waals surface area (Å²) in [5.74, 6) is 1.14. The highest BCUT2D eigenvalue weighted by atomic mass is 15.0. The van der Waals surface area contributed by atoms with E-state index in [1.807, 2.05) is 12.4 Å². The van der Waals surface area contributed by atoms with Crippen molar-refractivity contribution < 1.29 is 0 Å². The van der Waals surface area contributed by atoms with Crippen molar-refractivity contribution in [3.05, 3.63) is 42.1 Å². The lowest BCUT2D eigenvalue weighted by Crippen LogP contribution is -2.22. The van der Waals surface area contributed by atoms with E-state index in [4.69, 9.17) is 9.98 Å². The fourth-order valence-corrected chi connectivity index (χ4v) is 6.83.